The molecule has 7 nitrogen and oxygen atoms in total. The van der Waals surface area contributed by atoms with E-state index in [1.54, 1.807) is 47.9 Å². The van der Waals surface area contributed by atoms with Crippen LogP contribution >= 0.6 is 23.1 Å². The summed E-state index contributed by atoms with van der Waals surface area (Å²) >= 11 is 2.84. The molecule has 0 radical (unpaired) electrons. The Morgan fingerprint density at radius 2 is 1.97 bits per heavy atom. The standard InChI is InChI=1S/C24H28N4O3S2/c1-5-13-27(15-20-12-9-14-32-20)21(29)16-33-18(3)23(30)25-22-17(2)26(4)28(24(22)31)19-10-7-6-8-11-19/h5-12,14,18H,1,13,15-16H2,2-4H3,(H,25,30). The molecule has 1 N–H and O–H groups in total. The Morgan fingerprint density at radius 3 is 2.61 bits per heavy atom. The van der Waals surface area contributed by atoms with Crippen molar-refractivity contribution >= 4 is 40.6 Å². The zero-order valence-electron chi connectivity index (χ0n) is 19.0. The fourth-order valence-corrected chi connectivity index (χ4v) is 4.81. The average molecular weight is 485 g/mol. The van der Waals surface area contributed by atoms with E-state index in [1.807, 2.05) is 47.8 Å². The lowest BCUT2D eigenvalue weighted by atomic mass is 10.3. The van der Waals surface area contributed by atoms with Crippen molar-refractivity contribution in [3.63, 3.8) is 0 Å². The van der Waals surface area contributed by atoms with Gasteiger partial charge in [-0.05, 0) is 37.4 Å². The van der Waals surface area contributed by atoms with Crippen LogP contribution in [0.3, 0.4) is 0 Å². The van der Waals surface area contributed by atoms with Crippen molar-refractivity contribution in [2.75, 3.05) is 17.6 Å². The molecule has 0 aliphatic heterocycles. The Morgan fingerprint density at radius 1 is 1.24 bits per heavy atom. The van der Waals surface area contributed by atoms with Crippen LogP contribution in [0.1, 0.15) is 17.5 Å². The second-order valence-electron chi connectivity index (χ2n) is 7.52. The van der Waals surface area contributed by atoms with E-state index in [1.165, 1.54) is 16.4 Å². The number of nitrogens with one attached hydrogen (secondary N) is 1. The van der Waals surface area contributed by atoms with E-state index in [0.717, 1.165) is 10.6 Å². The van der Waals surface area contributed by atoms with Gasteiger partial charge in [0.25, 0.3) is 5.56 Å². The number of carbonyl (C=O) groups is 2. The third kappa shape index (κ3) is 5.85. The van der Waals surface area contributed by atoms with Crippen LogP contribution in [-0.2, 0) is 23.2 Å². The normalized spacial score (nSPS) is 11.7. The fourth-order valence-electron chi connectivity index (χ4n) is 3.30. The minimum Gasteiger partial charge on any atom is -0.333 e. The molecule has 2 heterocycles. The van der Waals surface area contributed by atoms with Gasteiger partial charge >= 0.3 is 0 Å². The van der Waals surface area contributed by atoms with Gasteiger partial charge in [0.1, 0.15) is 5.69 Å². The van der Waals surface area contributed by atoms with Gasteiger partial charge in [-0.25, -0.2) is 4.68 Å². The number of thioether (sulfide) groups is 1. The van der Waals surface area contributed by atoms with Crippen LogP contribution in [-0.4, -0.2) is 43.6 Å². The zero-order valence-corrected chi connectivity index (χ0v) is 20.6. The quantitative estimate of drug-likeness (QED) is 0.444. The van der Waals surface area contributed by atoms with Crippen LogP contribution in [0.2, 0.25) is 0 Å². The van der Waals surface area contributed by atoms with Crippen molar-refractivity contribution in [3.8, 4) is 5.69 Å². The predicted molar refractivity (Wildman–Crippen MR) is 136 cm³/mol. The number of anilines is 1. The lowest BCUT2D eigenvalue weighted by Gasteiger charge is -2.21. The van der Waals surface area contributed by atoms with E-state index in [4.69, 9.17) is 0 Å². The van der Waals surface area contributed by atoms with Gasteiger partial charge in [-0.15, -0.1) is 29.7 Å². The first-order valence-electron chi connectivity index (χ1n) is 10.5. The third-order valence-electron chi connectivity index (χ3n) is 5.26. The van der Waals surface area contributed by atoms with Crippen molar-refractivity contribution in [1.82, 2.24) is 14.3 Å². The Labute approximate surface area is 201 Å². The molecule has 0 fully saturated rings. The summed E-state index contributed by atoms with van der Waals surface area (Å²) in [7, 11) is 1.78. The monoisotopic (exact) mass is 484 g/mol. The fraction of sp³-hybridized carbons (Fsp3) is 0.292. The lowest BCUT2D eigenvalue weighted by molar-refractivity contribution is -0.128. The highest BCUT2D eigenvalue weighted by Gasteiger charge is 2.23. The maximum atomic E-state index is 13.0. The summed E-state index contributed by atoms with van der Waals surface area (Å²) in [6, 6.07) is 13.2. The van der Waals surface area contributed by atoms with Gasteiger partial charge in [0.05, 0.1) is 28.9 Å². The molecule has 1 atom stereocenters. The van der Waals surface area contributed by atoms with Gasteiger partial charge in [-0.1, -0.05) is 30.3 Å². The molecule has 1 aromatic carbocycles. The Hall–Kier alpha value is -3.04. The van der Waals surface area contributed by atoms with E-state index >= 15 is 0 Å². The van der Waals surface area contributed by atoms with Crippen LogP contribution in [0.4, 0.5) is 5.69 Å². The number of thiophene rings is 1. The van der Waals surface area contributed by atoms with Crippen molar-refractivity contribution in [3.05, 3.63) is 81.4 Å². The topological polar surface area (TPSA) is 76.3 Å². The summed E-state index contributed by atoms with van der Waals surface area (Å²) in [6.07, 6.45) is 1.70. The first-order valence-corrected chi connectivity index (χ1v) is 12.4. The van der Waals surface area contributed by atoms with E-state index < -0.39 is 5.25 Å². The van der Waals surface area contributed by atoms with Gasteiger partial charge in [0.15, 0.2) is 0 Å². The van der Waals surface area contributed by atoms with E-state index in [0.29, 0.717) is 18.8 Å². The molecule has 9 heteroatoms. The number of rotatable bonds is 10. The molecule has 2 amide bonds. The van der Waals surface area contributed by atoms with Crippen molar-refractivity contribution in [2.24, 2.45) is 7.05 Å². The van der Waals surface area contributed by atoms with Gasteiger partial charge in [-0.2, -0.15) is 0 Å². The summed E-state index contributed by atoms with van der Waals surface area (Å²) in [5.74, 6) is -0.210. The van der Waals surface area contributed by atoms with Crippen LogP contribution in [0.25, 0.3) is 5.69 Å². The number of hydrogen-bond donors (Lipinski definition) is 1. The summed E-state index contributed by atoms with van der Waals surface area (Å²) in [4.78, 5) is 41.4. The van der Waals surface area contributed by atoms with Crippen molar-refractivity contribution in [2.45, 2.75) is 25.6 Å². The Balaban J connectivity index is 1.64. The number of benzene rings is 1. The Kier molecular flexibility index (Phi) is 8.35. The third-order valence-corrected chi connectivity index (χ3v) is 7.25. The molecule has 0 spiro atoms. The van der Waals surface area contributed by atoms with Crippen LogP contribution in [0.5, 0.6) is 0 Å². The number of nitrogens with zero attached hydrogens (tertiary/aromatic N) is 3. The second-order valence-corrected chi connectivity index (χ2v) is 9.88. The molecule has 0 saturated heterocycles. The molecule has 33 heavy (non-hydrogen) atoms. The Bertz CT molecular complexity index is 1170. The molecule has 2 aromatic heterocycles. The first-order chi connectivity index (χ1) is 15.8. The van der Waals surface area contributed by atoms with Crippen molar-refractivity contribution in [1.29, 1.82) is 0 Å². The van der Waals surface area contributed by atoms with Gasteiger partial charge in [-0.3, -0.25) is 19.1 Å². The second kappa shape index (κ2) is 11.2. The zero-order chi connectivity index (χ0) is 24.0. The molecule has 3 aromatic rings. The number of carbonyl (C=O) groups excluding carboxylic acids is 2. The van der Waals surface area contributed by atoms with Crippen LogP contribution < -0.4 is 10.9 Å². The van der Waals surface area contributed by atoms with Gasteiger partial charge in [0, 0.05) is 18.5 Å². The average Bonchev–Trinajstić information content (AvgIpc) is 3.40. The summed E-state index contributed by atoms with van der Waals surface area (Å²) < 4.78 is 3.23. The SMILES string of the molecule is C=CCN(Cc1cccs1)C(=O)CSC(C)C(=O)Nc1c(C)n(C)n(-c2ccccc2)c1=O. The maximum absolute atomic E-state index is 13.0. The summed E-state index contributed by atoms with van der Waals surface area (Å²) in [5, 5.41) is 4.24. The van der Waals surface area contributed by atoms with Crippen LogP contribution in [0.15, 0.2) is 65.3 Å². The maximum Gasteiger partial charge on any atom is 0.295 e. The summed E-state index contributed by atoms with van der Waals surface area (Å²) in [6.45, 7) is 8.22. The highest BCUT2D eigenvalue weighted by molar-refractivity contribution is 8.01. The van der Waals surface area contributed by atoms with Crippen LogP contribution in [0, 0.1) is 6.92 Å². The smallest absolute Gasteiger partial charge is 0.295 e. The summed E-state index contributed by atoms with van der Waals surface area (Å²) in [5.41, 5.74) is 1.32. The highest BCUT2D eigenvalue weighted by Crippen LogP contribution is 2.19. The lowest BCUT2D eigenvalue weighted by Crippen LogP contribution is -2.33. The molecule has 174 valence electrons. The molecular weight excluding hydrogens is 456 g/mol. The van der Waals surface area contributed by atoms with Gasteiger partial charge in [0.2, 0.25) is 11.8 Å². The molecule has 3 rings (SSSR count). The molecule has 0 bridgehead atoms. The van der Waals surface area contributed by atoms with E-state index in [9.17, 15) is 14.4 Å². The highest BCUT2D eigenvalue weighted by atomic mass is 32.2. The van der Waals surface area contributed by atoms with E-state index in [2.05, 4.69) is 11.9 Å². The molecule has 1 unspecified atom stereocenters. The molecule has 0 aliphatic rings. The number of hydrogen-bond acceptors (Lipinski definition) is 5. The van der Waals surface area contributed by atoms with Gasteiger partial charge < -0.3 is 10.2 Å². The molecular formula is C24H28N4O3S2. The van der Waals surface area contributed by atoms with E-state index in [-0.39, 0.29) is 28.8 Å². The number of aromatic nitrogens is 2. The minimum atomic E-state index is -0.509. The first kappa shape index (κ1) is 24.6. The number of amides is 2. The number of para-hydroxylation sites is 1. The predicted octanol–water partition coefficient (Wildman–Crippen LogP) is 3.82. The van der Waals surface area contributed by atoms with Crippen molar-refractivity contribution < 1.29 is 9.59 Å². The minimum absolute atomic E-state index is 0.0599. The molecule has 0 saturated carbocycles. The largest absolute Gasteiger partial charge is 0.333 e. The molecule has 0 aliphatic carbocycles.